The van der Waals surface area contributed by atoms with E-state index in [-0.39, 0.29) is 0 Å². The molecule has 0 atom stereocenters. The quantitative estimate of drug-likeness (QED) is 0.470. The molecule has 0 aromatic carbocycles. The Labute approximate surface area is 131 Å². The van der Waals surface area contributed by atoms with Crippen LogP contribution in [0.25, 0.3) is 0 Å². The maximum Gasteiger partial charge on any atom is 0.238 e. The number of azo groups is 1. The maximum absolute atomic E-state index is 5.31. The molecule has 0 spiro atoms. The van der Waals surface area contributed by atoms with Gasteiger partial charge in [0.05, 0.1) is 13.1 Å². The smallest absolute Gasteiger partial charge is 0.238 e. The van der Waals surface area contributed by atoms with Gasteiger partial charge in [-0.15, -0.1) is 0 Å². The number of amidine groups is 2. The fourth-order valence-electron chi connectivity index (χ4n) is 2.28. The van der Waals surface area contributed by atoms with Crippen molar-refractivity contribution in [3.63, 3.8) is 0 Å². The van der Waals surface area contributed by atoms with Gasteiger partial charge in [-0.25, -0.2) is 0 Å². The van der Waals surface area contributed by atoms with Crippen molar-refractivity contribution in [1.29, 1.82) is 0 Å². The van der Waals surface area contributed by atoms with Crippen LogP contribution in [0.5, 0.6) is 0 Å². The van der Waals surface area contributed by atoms with Crippen molar-refractivity contribution < 1.29 is 3.98 Å². The molecule has 0 saturated carbocycles. The van der Waals surface area contributed by atoms with Crippen molar-refractivity contribution in [2.24, 2.45) is 15.2 Å². The van der Waals surface area contributed by atoms with E-state index in [4.69, 9.17) is 25.6 Å². The van der Waals surface area contributed by atoms with E-state index in [1.807, 2.05) is 27.7 Å². The summed E-state index contributed by atoms with van der Waals surface area (Å²) in [6.45, 7) is 11.1. The lowest BCUT2D eigenvalue weighted by molar-refractivity contribution is -0.335. The van der Waals surface area contributed by atoms with E-state index in [1.165, 1.54) is 0 Å². The van der Waals surface area contributed by atoms with E-state index in [9.17, 15) is 0 Å². The van der Waals surface area contributed by atoms with E-state index in [0.717, 1.165) is 37.9 Å². The van der Waals surface area contributed by atoms with Gasteiger partial charge in [-0.1, -0.05) is 0 Å². The van der Waals surface area contributed by atoms with E-state index in [0.29, 0.717) is 0 Å². The highest BCUT2D eigenvalue weighted by Crippen LogP contribution is 2.21. The van der Waals surface area contributed by atoms with E-state index in [1.54, 1.807) is 8.29 Å². The third kappa shape index (κ3) is 3.06. The molecule has 0 bridgehead atoms. The summed E-state index contributed by atoms with van der Waals surface area (Å²) in [4.78, 5) is 4.42. The molecule has 112 valence electrons. The van der Waals surface area contributed by atoms with Crippen molar-refractivity contribution in [3.05, 3.63) is 0 Å². The summed E-state index contributed by atoms with van der Waals surface area (Å²) in [5.41, 5.74) is -0.984. The summed E-state index contributed by atoms with van der Waals surface area (Å²) in [6.07, 6.45) is 0. The van der Waals surface area contributed by atoms with Gasteiger partial charge in [0, 0.05) is 6.54 Å². The fourth-order valence-corrected chi connectivity index (χ4v) is 3.14. The van der Waals surface area contributed by atoms with Crippen LogP contribution in [0.15, 0.2) is 15.2 Å². The van der Waals surface area contributed by atoms with Crippen LogP contribution in [0.4, 0.5) is 0 Å². The van der Waals surface area contributed by atoms with Gasteiger partial charge in [0.15, 0.2) is 5.54 Å². The number of nitrogens with zero attached hydrogens (tertiary/aromatic N) is 5. The molecule has 2 aliphatic heterocycles. The Morgan fingerprint density at radius 2 is 1.90 bits per heavy atom. The van der Waals surface area contributed by atoms with Gasteiger partial charge in [-0.3, -0.25) is 4.99 Å². The first-order valence-corrected chi connectivity index (χ1v) is 7.47. The molecule has 0 saturated heterocycles. The maximum atomic E-state index is 5.31. The third-order valence-corrected chi connectivity index (χ3v) is 4.04. The minimum Gasteiger partial charge on any atom is -0.561 e. The SMILES string of the molecule is CC(C)(N=NC(C)(C)C1=[N+]([S-])CCN1[S-])C1=NCCN1. The molecule has 0 aliphatic carbocycles. The normalized spacial score (nSPS) is 20.9. The fraction of sp³-hybridized carbons (Fsp3) is 0.833. The standard InChI is InChI=1S/C12H21N6S2/c1-11(2,9-13-5-6-14-9)15-16-12(3,4)10-17(19)7-8-18(10)20/h5-8H2,1-4H3,(H,13,14)/q-1. The number of nitrogens with one attached hydrogen (secondary N) is 1. The zero-order valence-electron chi connectivity index (χ0n) is 12.4. The number of rotatable bonds is 4. The lowest BCUT2D eigenvalue weighted by Crippen LogP contribution is -2.43. The molecule has 8 heteroatoms. The van der Waals surface area contributed by atoms with Crippen LogP contribution in [-0.4, -0.2) is 57.2 Å². The first-order valence-electron chi connectivity index (χ1n) is 6.74. The first kappa shape index (κ1) is 15.5. The number of hydrogen-bond acceptors (Lipinski definition) is 7. The molecule has 2 aliphatic rings. The monoisotopic (exact) mass is 313 g/mol. The lowest BCUT2D eigenvalue weighted by atomic mass is 10.0. The largest absolute Gasteiger partial charge is 0.561 e. The highest BCUT2D eigenvalue weighted by molar-refractivity contribution is 7.57. The molecular formula is C12H21N6S2-. The Hall–Kier alpha value is -0.890. The molecule has 0 radical (unpaired) electrons. The van der Waals surface area contributed by atoms with Gasteiger partial charge in [0.2, 0.25) is 5.84 Å². The van der Waals surface area contributed by atoms with Crippen LogP contribution in [0.3, 0.4) is 0 Å². The predicted molar refractivity (Wildman–Crippen MR) is 84.9 cm³/mol. The van der Waals surface area contributed by atoms with Crippen molar-refractivity contribution >= 4 is 37.3 Å². The van der Waals surface area contributed by atoms with E-state index >= 15 is 0 Å². The molecule has 20 heavy (non-hydrogen) atoms. The number of aliphatic imine (C=N–C) groups is 1. The Morgan fingerprint density at radius 1 is 1.25 bits per heavy atom. The summed E-state index contributed by atoms with van der Waals surface area (Å²) >= 11 is 10.6. The molecular weight excluding hydrogens is 292 g/mol. The summed E-state index contributed by atoms with van der Waals surface area (Å²) in [5.74, 6) is 1.74. The molecule has 0 aromatic rings. The van der Waals surface area contributed by atoms with Gasteiger partial charge in [0.1, 0.15) is 17.9 Å². The van der Waals surface area contributed by atoms with Crippen molar-refractivity contribution in [2.75, 3.05) is 26.2 Å². The Balaban J connectivity index is 2.19. The summed E-state index contributed by atoms with van der Waals surface area (Å²) in [6, 6.07) is 0. The zero-order chi connectivity index (χ0) is 15.0. The van der Waals surface area contributed by atoms with E-state index in [2.05, 4.69) is 20.5 Å². The highest BCUT2D eigenvalue weighted by Gasteiger charge is 2.36. The Morgan fingerprint density at radius 3 is 2.40 bits per heavy atom. The molecule has 2 rings (SSSR count). The third-order valence-electron chi connectivity index (χ3n) is 3.33. The van der Waals surface area contributed by atoms with Crippen LogP contribution < -0.4 is 5.32 Å². The van der Waals surface area contributed by atoms with Crippen molar-refractivity contribution in [2.45, 2.75) is 38.8 Å². The van der Waals surface area contributed by atoms with Crippen LogP contribution in [0.2, 0.25) is 0 Å². The van der Waals surface area contributed by atoms with Crippen molar-refractivity contribution in [1.82, 2.24) is 9.62 Å². The minimum atomic E-state index is -0.531. The van der Waals surface area contributed by atoms with Gasteiger partial charge in [-0.2, -0.15) is 10.2 Å². The molecule has 2 heterocycles. The second kappa shape index (κ2) is 5.48. The highest BCUT2D eigenvalue weighted by atomic mass is 32.1. The number of hydrogen-bond donors (Lipinski definition) is 1. The van der Waals surface area contributed by atoms with Crippen LogP contribution in [-0.2, 0) is 25.6 Å². The summed E-state index contributed by atoms with van der Waals surface area (Å²) < 4.78 is 3.48. The molecule has 1 N–H and O–H groups in total. The molecule has 0 amide bonds. The van der Waals surface area contributed by atoms with Crippen LogP contribution in [0, 0.1) is 0 Å². The molecule has 0 unspecified atom stereocenters. The van der Waals surface area contributed by atoms with Crippen LogP contribution in [0.1, 0.15) is 27.7 Å². The second-order valence-electron chi connectivity index (χ2n) is 6.00. The zero-order valence-corrected chi connectivity index (χ0v) is 14.0. The van der Waals surface area contributed by atoms with Crippen LogP contribution >= 0.6 is 0 Å². The van der Waals surface area contributed by atoms with E-state index < -0.39 is 11.1 Å². The Kier molecular flexibility index (Phi) is 4.24. The molecule has 6 nitrogen and oxygen atoms in total. The van der Waals surface area contributed by atoms with Gasteiger partial charge in [0.25, 0.3) is 0 Å². The predicted octanol–water partition coefficient (Wildman–Crippen LogP) is 0.648. The van der Waals surface area contributed by atoms with Gasteiger partial charge in [-0.05, 0) is 27.7 Å². The Bertz CT molecular complexity index is 480. The minimum absolute atomic E-state index is 0.453. The second-order valence-corrected chi connectivity index (χ2v) is 6.88. The summed E-state index contributed by atoms with van der Waals surface area (Å²) in [5, 5.41) is 12.2. The average Bonchev–Trinajstić information content (AvgIpc) is 2.98. The van der Waals surface area contributed by atoms with Gasteiger partial charge < -0.3 is 39.2 Å². The lowest BCUT2D eigenvalue weighted by Gasteiger charge is -2.29. The molecule has 0 fully saturated rings. The van der Waals surface area contributed by atoms with Crippen molar-refractivity contribution in [3.8, 4) is 0 Å². The topological polar surface area (TPSA) is 55.4 Å². The average molecular weight is 313 g/mol. The first-order chi connectivity index (χ1) is 9.24. The molecule has 0 aromatic heterocycles. The summed E-state index contributed by atoms with van der Waals surface area (Å²) in [7, 11) is 0. The van der Waals surface area contributed by atoms with Gasteiger partial charge >= 0.3 is 0 Å².